The summed E-state index contributed by atoms with van der Waals surface area (Å²) in [6.07, 6.45) is 0. The summed E-state index contributed by atoms with van der Waals surface area (Å²) in [4.78, 5) is 25.1. The molecule has 0 aliphatic rings. The monoisotopic (exact) mass is 358 g/mol. The normalized spacial score (nSPS) is 11.9. The second-order valence-corrected chi connectivity index (χ2v) is 6.95. The fourth-order valence-corrected chi connectivity index (χ4v) is 2.58. The smallest absolute Gasteiger partial charge is 0.251 e. The van der Waals surface area contributed by atoms with Gasteiger partial charge in [0.15, 0.2) is 0 Å². The molecule has 0 aromatic heterocycles. The van der Waals surface area contributed by atoms with Gasteiger partial charge in [-0.15, -0.1) is 0 Å². The highest BCUT2D eigenvalue weighted by atomic mass is 35.5. The van der Waals surface area contributed by atoms with Crippen molar-refractivity contribution in [3.05, 3.63) is 64.2 Å². The van der Waals surface area contributed by atoms with E-state index < -0.39 is 6.04 Å². The minimum Gasteiger partial charge on any atom is -0.340 e. The average molecular weight is 359 g/mol. The molecule has 2 aromatic carbocycles. The van der Waals surface area contributed by atoms with E-state index in [1.807, 2.05) is 45.9 Å². The Morgan fingerprint density at radius 1 is 1.00 bits per heavy atom. The van der Waals surface area contributed by atoms with Crippen molar-refractivity contribution >= 4 is 29.1 Å². The molecule has 1 unspecified atom stereocenters. The summed E-state index contributed by atoms with van der Waals surface area (Å²) in [5, 5.41) is 6.23. The second-order valence-electron chi connectivity index (χ2n) is 6.51. The Bertz CT molecular complexity index is 770. The molecule has 2 N–H and O–H groups in total. The molecular formula is C20H23ClN2O2. The predicted molar refractivity (Wildman–Crippen MR) is 102 cm³/mol. The summed E-state index contributed by atoms with van der Waals surface area (Å²) in [6, 6.07) is 11.9. The maximum Gasteiger partial charge on any atom is 0.251 e. The van der Waals surface area contributed by atoms with Gasteiger partial charge < -0.3 is 10.6 Å². The van der Waals surface area contributed by atoms with Crippen molar-refractivity contribution < 1.29 is 9.59 Å². The van der Waals surface area contributed by atoms with E-state index >= 15 is 0 Å². The number of carbonyl (C=O) groups excluding carboxylic acids is 2. The largest absolute Gasteiger partial charge is 0.340 e. The van der Waals surface area contributed by atoms with Crippen LogP contribution in [0.25, 0.3) is 0 Å². The second kappa shape index (κ2) is 8.17. The highest BCUT2D eigenvalue weighted by Gasteiger charge is 2.25. The van der Waals surface area contributed by atoms with Crippen molar-refractivity contribution in [1.29, 1.82) is 0 Å². The number of amides is 2. The summed E-state index contributed by atoms with van der Waals surface area (Å²) >= 11 is 6.00. The minimum absolute atomic E-state index is 0.0612. The van der Waals surface area contributed by atoms with Gasteiger partial charge in [0.25, 0.3) is 5.91 Å². The number of halogens is 1. The highest BCUT2D eigenvalue weighted by Crippen LogP contribution is 2.21. The number of carbonyl (C=O) groups is 2. The molecule has 0 radical (unpaired) electrons. The third kappa shape index (κ3) is 5.07. The summed E-state index contributed by atoms with van der Waals surface area (Å²) in [6.45, 7) is 7.63. The first-order valence-corrected chi connectivity index (χ1v) is 8.60. The first-order valence-electron chi connectivity index (χ1n) is 8.22. The van der Waals surface area contributed by atoms with E-state index in [0.717, 1.165) is 11.1 Å². The van der Waals surface area contributed by atoms with Crippen LogP contribution in [0.3, 0.4) is 0 Å². The van der Waals surface area contributed by atoms with Crippen molar-refractivity contribution in [1.82, 2.24) is 5.32 Å². The molecule has 5 heteroatoms. The fraction of sp³-hybridized carbons (Fsp3) is 0.300. The van der Waals surface area contributed by atoms with E-state index in [-0.39, 0.29) is 17.7 Å². The molecule has 0 spiro atoms. The van der Waals surface area contributed by atoms with Gasteiger partial charge in [0, 0.05) is 16.3 Å². The van der Waals surface area contributed by atoms with Gasteiger partial charge in [-0.05, 0) is 49.6 Å². The van der Waals surface area contributed by atoms with Crippen LogP contribution < -0.4 is 10.6 Å². The molecule has 0 aliphatic heterocycles. The van der Waals surface area contributed by atoms with Crippen molar-refractivity contribution in [2.24, 2.45) is 5.92 Å². The van der Waals surface area contributed by atoms with Crippen LogP contribution in [-0.2, 0) is 4.79 Å². The Kier molecular flexibility index (Phi) is 6.21. The topological polar surface area (TPSA) is 58.2 Å². The summed E-state index contributed by atoms with van der Waals surface area (Å²) in [5.41, 5.74) is 3.16. The van der Waals surface area contributed by atoms with Gasteiger partial charge in [0.1, 0.15) is 6.04 Å². The van der Waals surface area contributed by atoms with Gasteiger partial charge >= 0.3 is 0 Å². The molecule has 0 aliphatic carbocycles. The third-order valence-electron chi connectivity index (χ3n) is 4.01. The van der Waals surface area contributed by atoms with Crippen LogP contribution in [-0.4, -0.2) is 17.9 Å². The Morgan fingerprint density at radius 2 is 1.64 bits per heavy atom. The van der Waals surface area contributed by atoms with Crippen LogP contribution in [0.2, 0.25) is 5.02 Å². The number of benzene rings is 2. The quantitative estimate of drug-likeness (QED) is 0.834. The van der Waals surface area contributed by atoms with Crippen molar-refractivity contribution in [2.75, 3.05) is 5.32 Å². The molecule has 0 fully saturated rings. The highest BCUT2D eigenvalue weighted by molar-refractivity contribution is 6.31. The molecular weight excluding hydrogens is 336 g/mol. The van der Waals surface area contributed by atoms with Crippen LogP contribution in [0.5, 0.6) is 0 Å². The summed E-state index contributed by atoms with van der Waals surface area (Å²) < 4.78 is 0. The van der Waals surface area contributed by atoms with Crippen molar-refractivity contribution in [2.45, 2.75) is 33.7 Å². The van der Waals surface area contributed by atoms with Gasteiger partial charge in [-0.3, -0.25) is 9.59 Å². The first-order chi connectivity index (χ1) is 11.8. The first kappa shape index (κ1) is 19.0. The van der Waals surface area contributed by atoms with Gasteiger partial charge in [0.05, 0.1) is 0 Å². The molecule has 25 heavy (non-hydrogen) atoms. The number of nitrogens with one attached hydrogen (secondary N) is 2. The molecule has 0 bridgehead atoms. The lowest BCUT2D eigenvalue weighted by Gasteiger charge is -2.22. The lowest BCUT2D eigenvalue weighted by molar-refractivity contribution is -0.118. The SMILES string of the molecule is Cc1ccc(C(=O)NC(C(=O)Nc2cc(Cl)ccc2C)C(C)C)cc1. The predicted octanol–water partition coefficient (Wildman–Crippen LogP) is 4.35. The molecule has 0 saturated carbocycles. The van der Waals surface area contributed by atoms with Crippen LogP contribution in [0.15, 0.2) is 42.5 Å². The van der Waals surface area contributed by atoms with Crippen LogP contribution in [0.1, 0.15) is 35.3 Å². The maximum absolute atomic E-state index is 12.7. The van der Waals surface area contributed by atoms with Crippen LogP contribution in [0, 0.1) is 19.8 Å². The zero-order chi connectivity index (χ0) is 18.6. The van der Waals surface area contributed by atoms with Gasteiger partial charge in [-0.25, -0.2) is 0 Å². The number of aryl methyl sites for hydroxylation is 2. The lowest BCUT2D eigenvalue weighted by Crippen LogP contribution is -2.47. The Hall–Kier alpha value is -2.33. The van der Waals surface area contributed by atoms with Gasteiger partial charge in [-0.2, -0.15) is 0 Å². The van der Waals surface area contributed by atoms with Gasteiger partial charge in [-0.1, -0.05) is 49.2 Å². The average Bonchev–Trinajstić information content (AvgIpc) is 2.56. The Labute approximate surface area is 153 Å². The van der Waals surface area contributed by atoms with E-state index in [0.29, 0.717) is 16.3 Å². The Balaban J connectivity index is 2.14. The number of anilines is 1. The van der Waals surface area contributed by atoms with E-state index in [4.69, 9.17) is 11.6 Å². The van der Waals surface area contributed by atoms with E-state index in [2.05, 4.69) is 10.6 Å². The minimum atomic E-state index is -0.646. The van der Waals surface area contributed by atoms with Crippen LogP contribution in [0.4, 0.5) is 5.69 Å². The molecule has 2 rings (SSSR count). The molecule has 1 atom stereocenters. The zero-order valence-electron chi connectivity index (χ0n) is 14.9. The summed E-state index contributed by atoms with van der Waals surface area (Å²) in [5.74, 6) is -0.591. The summed E-state index contributed by atoms with van der Waals surface area (Å²) in [7, 11) is 0. The maximum atomic E-state index is 12.7. The van der Waals surface area contributed by atoms with Crippen molar-refractivity contribution in [3.8, 4) is 0 Å². The molecule has 0 saturated heterocycles. The zero-order valence-corrected chi connectivity index (χ0v) is 15.6. The van der Waals surface area contributed by atoms with E-state index in [1.54, 1.807) is 24.3 Å². The fourth-order valence-electron chi connectivity index (χ4n) is 2.40. The number of rotatable bonds is 5. The molecule has 2 aromatic rings. The lowest BCUT2D eigenvalue weighted by atomic mass is 10.0. The third-order valence-corrected chi connectivity index (χ3v) is 4.24. The van der Waals surface area contributed by atoms with Crippen molar-refractivity contribution in [3.63, 3.8) is 0 Å². The van der Waals surface area contributed by atoms with Crippen LogP contribution >= 0.6 is 11.6 Å². The molecule has 4 nitrogen and oxygen atoms in total. The molecule has 132 valence electrons. The molecule has 2 amide bonds. The van der Waals surface area contributed by atoms with E-state index in [1.165, 1.54) is 0 Å². The van der Waals surface area contributed by atoms with Gasteiger partial charge in [0.2, 0.25) is 5.91 Å². The Morgan fingerprint density at radius 3 is 2.24 bits per heavy atom. The number of hydrogen-bond donors (Lipinski definition) is 2. The molecule has 0 heterocycles. The number of hydrogen-bond acceptors (Lipinski definition) is 2. The van der Waals surface area contributed by atoms with E-state index in [9.17, 15) is 9.59 Å². The standard InChI is InChI=1S/C20H23ClN2O2/c1-12(2)18(23-19(24)15-8-5-13(3)6-9-15)20(25)22-17-11-16(21)10-7-14(17)4/h5-12,18H,1-4H3,(H,22,25)(H,23,24).